The number of nitrogens with one attached hydrogen (secondary N) is 2. The first-order valence-electron chi connectivity index (χ1n) is 8.33. The molecule has 3 N–H and O–H groups in total. The van der Waals surface area contributed by atoms with Gasteiger partial charge in [0.05, 0.1) is 43.1 Å². The first kappa shape index (κ1) is 22.5. The topological polar surface area (TPSA) is 139 Å². The van der Waals surface area contributed by atoms with Crippen LogP contribution >= 0.6 is 12.4 Å². The molecular weight excluding hydrogens is 416 g/mol. The van der Waals surface area contributed by atoms with Crippen molar-refractivity contribution in [3.8, 4) is 11.8 Å². The summed E-state index contributed by atoms with van der Waals surface area (Å²) >= 11 is 0. The number of aromatic nitrogens is 4. The van der Waals surface area contributed by atoms with E-state index in [0.29, 0.717) is 28.4 Å². The molecule has 4 aromatic heterocycles. The number of hydrogen-bond acceptors (Lipinski definition) is 7. The number of methoxy groups -OCH3 is 3. The number of H-pyrrole nitrogens is 2. The van der Waals surface area contributed by atoms with Crippen molar-refractivity contribution in [2.24, 2.45) is 0 Å². The number of esters is 1. The van der Waals surface area contributed by atoms with E-state index in [9.17, 15) is 9.59 Å². The Balaban J connectivity index is 0.000000207. The molecule has 10 nitrogen and oxygen atoms in total. The fraction of sp³-hybridized carbons (Fsp3) is 0.158. The first-order valence-corrected chi connectivity index (χ1v) is 8.33. The summed E-state index contributed by atoms with van der Waals surface area (Å²) < 4.78 is 14.7. The number of aromatic amines is 2. The minimum absolute atomic E-state index is 0. The Bertz CT molecular complexity index is 1190. The fourth-order valence-electron chi connectivity index (χ4n) is 2.72. The van der Waals surface area contributed by atoms with Crippen molar-refractivity contribution in [1.82, 2.24) is 19.9 Å². The van der Waals surface area contributed by atoms with Crippen molar-refractivity contribution in [3.63, 3.8) is 0 Å². The van der Waals surface area contributed by atoms with E-state index in [-0.39, 0.29) is 18.1 Å². The number of ether oxygens (including phenoxy) is 3. The minimum Gasteiger partial charge on any atom is -0.481 e. The molecule has 0 aromatic carbocycles. The number of aromatic carboxylic acids is 1. The SMILES string of the molecule is COC(=O)c1cc2c(OC)nccc2[nH]1.COc1nccc2[nH]c(C(=O)O)cc12.Cl. The van der Waals surface area contributed by atoms with Gasteiger partial charge in [0.2, 0.25) is 11.8 Å². The summed E-state index contributed by atoms with van der Waals surface area (Å²) in [6, 6.07) is 6.63. The van der Waals surface area contributed by atoms with Gasteiger partial charge < -0.3 is 29.3 Å². The van der Waals surface area contributed by atoms with Gasteiger partial charge in [-0.2, -0.15) is 0 Å². The number of carboxylic acid groups (broad SMARTS) is 1. The zero-order valence-corrected chi connectivity index (χ0v) is 17.1. The second kappa shape index (κ2) is 9.61. The Morgan fingerprint density at radius 3 is 1.77 bits per heavy atom. The van der Waals surface area contributed by atoms with E-state index in [1.165, 1.54) is 27.4 Å². The van der Waals surface area contributed by atoms with Gasteiger partial charge in [-0.05, 0) is 24.3 Å². The van der Waals surface area contributed by atoms with Crippen LogP contribution < -0.4 is 9.47 Å². The Labute approximate surface area is 176 Å². The maximum atomic E-state index is 11.3. The number of halogens is 1. The lowest BCUT2D eigenvalue weighted by Gasteiger charge is -1.97. The molecule has 30 heavy (non-hydrogen) atoms. The normalized spacial score (nSPS) is 9.97. The van der Waals surface area contributed by atoms with Crippen molar-refractivity contribution < 1.29 is 28.9 Å². The fourth-order valence-corrected chi connectivity index (χ4v) is 2.72. The van der Waals surface area contributed by atoms with E-state index in [1.807, 2.05) is 0 Å². The lowest BCUT2D eigenvalue weighted by atomic mass is 10.3. The molecule has 0 fully saturated rings. The summed E-state index contributed by atoms with van der Waals surface area (Å²) in [5.41, 5.74) is 2.02. The quantitative estimate of drug-likeness (QED) is 0.416. The molecule has 11 heteroatoms. The van der Waals surface area contributed by atoms with Crippen LogP contribution in [-0.2, 0) is 4.74 Å². The van der Waals surface area contributed by atoms with Gasteiger partial charge in [-0.3, -0.25) is 0 Å². The van der Waals surface area contributed by atoms with Crippen LogP contribution in [-0.4, -0.2) is 58.3 Å². The predicted octanol–water partition coefficient (Wildman–Crippen LogP) is 3.05. The van der Waals surface area contributed by atoms with Crippen molar-refractivity contribution >= 4 is 46.2 Å². The van der Waals surface area contributed by atoms with Crippen LogP contribution in [0.4, 0.5) is 0 Å². The summed E-state index contributed by atoms with van der Waals surface area (Å²) in [4.78, 5) is 35.6. The highest BCUT2D eigenvalue weighted by molar-refractivity contribution is 5.96. The second-order valence-corrected chi connectivity index (χ2v) is 5.73. The van der Waals surface area contributed by atoms with E-state index in [0.717, 1.165) is 10.9 Å². The molecule has 0 radical (unpaired) electrons. The van der Waals surface area contributed by atoms with Crippen LogP contribution in [0.3, 0.4) is 0 Å². The number of carbonyl (C=O) groups excluding carboxylic acids is 1. The van der Waals surface area contributed by atoms with Crippen LogP contribution in [0.25, 0.3) is 21.8 Å². The lowest BCUT2D eigenvalue weighted by molar-refractivity contribution is 0.0594. The molecular formula is C19H19ClN4O6. The number of rotatable bonds is 4. The zero-order chi connectivity index (χ0) is 21.0. The average Bonchev–Trinajstić information content (AvgIpc) is 3.37. The molecule has 0 aliphatic rings. The zero-order valence-electron chi connectivity index (χ0n) is 16.3. The van der Waals surface area contributed by atoms with Crippen LogP contribution in [0.15, 0.2) is 36.7 Å². The molecule has 0 saturated heterocycles. The molecule has 0 aliphatic heterocycles. The number of carbonyl (C=O) groups is 2. The monoisotopic (exact) mass is 434 g/mol. The Hall–Kier alpha value is -3.79. The summed E-state index contributed by atoms with van der Waals surface area (Å²) in [7, 11) is 4.37. The third kappa shape index (κ3) is 4.44. The smallest absolute Gasteiger partial charge is 0.354 e. The summed E-state index contributed by atoms with van der Waals surface area (Å²) in [6.45, 7) is 0. The third-order valence-corrected chi connectivity index (χ3v) is 4.05. The van der Waals surface area contributed by atoms with Gasteiger partial charge in [-0.15, -0.1) is 12.4 Å². The van der Waals surface area contributed by atoms with Crippen LogP contribution in [0, 0.1) is 0 Å². The number of hydrogen-bond donors (Lipinski definition) is 3. The predicted molar refractivity (Wildman–Crippen MR) is 111 cm³/mol. The molecule has 0 saturated carbocycles. The minimum atomic E-state index is -0.997. The lowest BCUT2D eigenvalue weighted by Crippen LogP contribution is -2.00. The molecule has 4 aromatic rings. The number of pyridine rings is 2. The summed E-state index contributed by atoms with van der Waals surface area (Å²) in [6.07, 6.45) is 3.17. The molecule has 0 bridgehead atoms. The van der Waals surface area contributed by atoms with Crippen molar-refractivity contribution in [3.05, 3.63) is 48.0 Å². The number of carboxylic acids is 1. The molecule has 4 heterocycles. The highest BCUT2D eigenvalue weighted by Gasteiger charge is 2.12. The van der Waals surface area contributed by atoms with E-state index in [2.05, 4.69) is 24.7 Å². The second-order valence-electron chi connectivity index (χ2n) is 5.73. The Morgan fingerprint density at radius 2 is 1.33 bits per heavy atom. The molecule has 0 aliphatic carbocycles. The largest absolute Gasteiger partial charge is 0.481 e. The van der Waals surface area contributed by atoms with Crippen LogP contribution in [0.5, 0.6) is 11.8 Å². The summed E-state index contributed by atoms with van der Waals surface area (Å²) in [5, 5.41) is 10.2. The third-order valence-electron chi connectivity index (χ3n) is 4.05. The van der Waals surface area contributed by atoms with Crippen molar-refractivity contribution in [2.75, 3.05) is 21.3 Å². The Morgan fingerprint density at radius 1 is 0.867 bits per heavy atom. The van der Waals surface area contributed by atoms with Gasteiger partial charge in [0.15, 0.2) is 0 Å². The molecule has 4 rings (SSSR count). The van der Waals surface area contributed by atoms with Gasteiger partial charge in [-0.1, -0.05) is 0 Å². The average molecular weight is 435 g/mol. The van der Waals surface area contributed by atoms with Gasteiger partial charge in [0.25, 0.3) is 0 Å². The van der Waals surface area contributed by atoms with Gasteiger partial charge in [0.1, 0.15) is 11.4 Å². The standard InChI is InChI=1S/C10H10N2O3.C9H8N2O3.ClH/c1-14-9-6-5-8(10(13)15-2)12-7(6)3-4-11-9;1-14-8-5-4-7(9(12)13)11-6(5)2-3-10-8;/h3-5,12H,1-2H3;2-4,11H,1H3,(H,12,13);1H. The first-order chi connectivity index (χ1) is 14.0. The molecule has 0 unspecified atom stereocenters. The maximum Gasteiger partial charge on any atom is 0.354 e. The van der Waals surface area contributed by atoms with E-state index < -0.39 is 11.9 Å². The molecule has 0 atom stereocenters. The van der Waals surface area contributed by atoms with Crippen molar-refractivity contribution in [1.29, 1.82) is 0 Å². The van der Waals surface area contributed by atoms with Gasteiger partial charge >= 0.3 is 11.9 Å². The van der Waals surface area contributed by atoms with Crippen LogP contribution in [0.1, 0.15) is 21.0 Å². The molecule has 0 amide bonds. The van der Waals surface area contributed by atoms with Crippen LogP contribution in [0.2, 0.25) is 0 Å². The van der Waals surface area contributed by atoms with Gasteiger partial charge in [-0.25, -0.2) is 19.6 Å². The molecule has 158 valence electrons. The highest BCUT2D eigenvalue weighted by Crippen LogP contribution is 2.24. The van der Waals surface area contributed by atoms with Gasteiger partial charge in [0, 0.05) is 12.4 Å². The highest BCUT2D eigenvalue weighted by atomic mass is 35.5. The number of nitrogens with zero attached hydrogens (tertiary/aromatic N) is 2. The van der Waals surface area contributed by atoms with E-state index in [4.69, 9.17) is 14.6 Å². The molecule has 0 spiro atoms. The number of fused-ring (bicyclic) bond motifs is 2. The van der Waals surface area contributed by atoms with Crippen molar-refractivity contribution in [2.45, 2.75) is 0 Å². The van der Waals surface area contributed by atoms with E-state index >= 15 is 0 Å². The maximum absolute atomic E-state index is 11.3. The Kier molecular flexibility index (Phi) is 7.21. The summed E-state index contributed by atoms with van der Waals surface area (Å²) in [5.74, 6) is -0.498. The van der Waals surface area contributed by atoms with E-state index in [1.54, 1.807) is 30.6 Å².